The molecule has 0 bridgehead atoms. The van der Waals surface area contributed by atoms with Crippen molar-refractivity contribution < 1.29 is 4.74 Å². The summed E-state index contributed by atoms with van der Waals surface area (Å²) in [6, 6.07) is 9.85. The first-order valence-corrected chi connectivity index (χ1v) is 5.00. The van der Waals surface area contributed by atoms with Crippen molar-refractivity contribution in [2.24, 2.45) is 0 Å². The zero-order valence-electron chi connectivity index (χ0n) is 9.23. The van der Waals surface area contributed by atoms with Crippen LogP contribution in [0.4, 0.5) is 0 Å². The van der Waals surface area contributed by atoms with E-state index in [0.29, 0.717) is 6.61 Å². The second kappa shape index (κ2) is 6.06. The second-order valence-corrected chi connectivity index (χ2v) is 3.57. The molecule has 1 heteroatoms. The van der Waals surface area contributed by atoms with Gasteiger partial charge in [0, 0.05) is 0 Å². The van der Waals surface area contributed by atoms with Crippen LogP contribution in [0.3, 0.4) is 0 Å². The fourth-order valence-electron chi connectivity index (χ4n) is 1.18. The third-order valence-electron chi connectivity index (χ3n) is 2.01. The van der Waals surface area contributed by atoms with Gasteiger partial charge in [-0.2, -0.15) is 0 Å². The Bertz CT molecular complexity index is 353. The molecule has 0 N–H and O–H groups in total. The molecule has 0 aliphatic heterocycles. The molecule has 1 aromatic carbocycles. The molecule has 1 atom stereocenters. The van der Waals surface area contributed by atoms with Crippen molar-refractivity contribution in [3.8, 4) is 12.3 Å². The van der Waals surface area contributed by atoms with Crippen molar-refractivity contribution in [2.75, 3.05) is 6.61 Å². The van der Waals surface area contributed by atoms with Crippen LogP contribution in [0.25, 0.3) is 0 Å². The summed E-state index contributed by atoms with van der Waals surface area (Å²) in [5.74, 6) is 2.64. The number of hydrogen-bond acceptors (Lipinski definition) is 1. The molecule has 1 unspecified atom stereocenters. The van der Waals surface area contributed by atoms with Gasteiger partial charge < -0.3 is 4.74 Å². The summed E-state index contributed by atoms with van der Waals surface area (Å²) in [6.45, 7) is 4.64. The third kappa shape index (κ3) is 4.01. The lowest BCUT2D eigenvalue weighted by atomic mass is 10.1. The lowest BCUT2D eigenvalue weighted by Gasteiger charge is -2.10. The minimum absolute atomic E-state index is 0.248. The molecule has 0 radical (unpaired) electrons. The second-order valence-electron chi connectivity index (χ2n) is 3.57. The van der Waals surface area contributed by atoms with Gasteiger partial charge in [-0.3, -0.25) is 0 Å². The van der Waals surface area contributed by atoms with Crippen LogP contribution in [-0.2, 0) is 4.74 Å². The Kier molecular flexibility index (Phi) is 4.66. The maximum Gasteiger partial charge on any atom is 0.143 e. The van der Waals surface area contributed by atoms with Gasteiger partial charge in [0.05, 0.1) is 6.61 Å². The minimum atomic E-state index is -0.248. The summed E-state index contributed by atoms with van der Waals surface area (Å²) in [7, 11) is 0. The molecule has 0 aromatic heterocycles. The summed E-state index contributed by atoms with van der Waals surface area (Å²) in [5, 5.41) is 0. The maximum absolute atomic E-state index is 5.58. The maximum atomic E-state index is 5.58. The molecule has 0 amide bonds. The van der Waals surface area contributed by atoms with Crippen LogP contribution in [0.15, 0.2) is 42.0 Å². The molecule has 1 rings (SSSR count). The van der Waals surface area contributed by atoms with Crippen LogP contribution in [-0.4, -0.2) is 6.61 Å². The van der Waals surface area contributed by atoms with E-state index in [1.165, 1.54) is 5.57 Å². The first-order chi connectivity index (χ1) is 7.24. The largest absolute Gasteiger partial charge is 0.357 e. The fourth-order valence-corrected chi connectivity index (χ4v) is 1.18. The van der Waals surface area contributed by atoms with E-state index in [0.717, 1.165) is 5.56 Å². The number of hydrogen-bond donors (Lipinski definition) is 0. The van der Waals surface area contributed by atoms with E-state index in [9.17, 15) is 0 Å². The van der Waals surface area contributed by atoms with E-state index in [2.05, 4.69) is 5.92 Å². The van der Waals surface area contributed by atoms with Crippen molar-refractivity contribution in [1.29, 1.82) is 0 Å². The molecule has 0 saturated heterocycles. The number of allylic oxidation sites excluding steroid dienone is 1. The van der Waals surface area contributed by atoms with Gasteiger partial charge in [0.1, 0.15) is 6.10 Å². The Morgan fingerprint density at radius 3 is 2.60 bits per heavy atom. The number of benzene rings is 1. The van der Waals surface area contributed by atoms with E-state index >= 15 is 0 Å². The van der Waals surface area contributed by atoms with Gasteiger partial charge in [-0.1, -0.05) is 47.9 Å². The highest BCUT2D eigenvalue weighted by molar-refractivity contribution is 5.23. The first kappa shape index (κ1) is 11.6. The van der Waals surface area contributed by atoms with E-state index in [1.54, 1.807) is 0 Å². The molecule has 0 saturated carbocycles. The van der Waals surface area contributed by atoms with E-state index < -0.39 is 0 Å². The molecule has 1 nitrogen and oxygen atoms in total. The molecular formula is C14H16O. The van der Waals surface area contributed by atoms with Gasteiger partial charge in [-0.25, -0.2) is 0 Å². The van der Waals surface area contributed by atoms with Crippen molar-refractivity contribution in [1.82, 2.24) is 0 Å². The average molecular weight is 200 g/mol. The van der Waals surface area contributed by atoms with E-state index in [4.69, 9.17) is 11.2 Å². The molecule has 78 valence electrons. The van der Waals surface area contributed by atoms with E-state index in [-0.39, 0.29) is 6.10 Å². The van der Waals surface area contributed by atoms with Crippen molar-refractivity contribution in [3.05, 3.63) is 47.5 Å². The van der Waals surface area contributed by atoms with Crippen LogP contribution in [0.1, 0.15) is 25.5 Å². The zero-order valence-corrected chi connectivity index (χ0v) is 9.23. The normalized spacial score (nSPS) is 11.5. The molecule has 0 heterocycles. The molecule has 0 fully saturated rings. The number of ether oxygens (including phenoxy) is 1. The van der Waals surface area contributed by atoms with Gasteiger partial charge in [-0.05, 0) is 19.4 Å². The predicted molar refractivity (Wildman–Crippen MR) is 63.4 cm³/mol. The molecule has 0 aliphatic carbocycles. The van der Waals surface area contributed by atoms with Gasteiger partial charge in [-0.15, -0.1) is 6.42 Å². The van der Waals surface area contributed by atoms with E-state index in [1.807, 2.05) is 50.3 Å². The Morgan fingerprint density at radius 1 is 1.40 bits per heavy atom. The van der Waals surface area contributed by atoms with Gasteiger partial charge in [0.25, 0.3) is 0 Å². The van der Waals surface area contributed by atoms with Gasteiger partial charge in [0.15, 0.2) is 0 Å². The zero-order chi connectivity index (χ0) is 11.1. The quantitative estimate of drug-likeness (QED) is 0.535. The molecule has 0 aliphatic rings. The Morgan fingerprint density at radius 2 is 2.07 bits per heavy atom. The van der Waals surface area contributed by atoms with Gasteiger partial charge >= 0.3 is 0 Å². The van der Waals surface area contributed by atoms with Crippen LogP contribution >= 0.6 is 0 Å². The topological polar surface area (TPSA) is 9.23 Å². The highest BCUT2D eigenvalue weighted by Gasteiger charge is 2.05. The Labute approximate surface area is 91.8 Å². The summed E-state index contributed by atoms with van der Waals surface area (Å²) in [5.41, 5.74) is 2.26. The summed E-state index contributed by atoms with van der Waals surface area (Å²) < 4.78 is 5.58. The van der Waals surface area contributed by atoms with Gasteiger partial charge in [0.2, 0.25) is 0 Å². The molecular weight excluding hydrogens is 184 g/mol. The van der Waals surface area contributed by atoms with Crippen LogP contribution in [0.2, 0.25) is 0 Å². The monoisotopic (exact) mass is 200 g/mol. The van der Waals surface area contributed by atoms with Crippen molar-refractivity contribution in [3.63, 3.8) is 0 Å². The van der Waals surface area contributed by atoms with Crippen molar-refractivity contribution >= 4 is 0 Å². The molecule has 15 heavy (non-hydrogen) atoms. The summed E-state index contributed by atoms with van der Waals surface area (Å²) in [4.78, 5) is 0. The Balaban J connectivity index is 2.59. The van der Waals surface area contributed by atoms with Crippen LogP contribution in [0, 0.1) is 12.3 Å². The third-order valence-corrected chi connectivity index (χ3v) is 2.01. The number of rotatable bonds is 4. The summed E-state index contributed by atoms with van der Waals surface area (Å²) in [6.07, 6.45) is 7.20. The molecule has 0 spiro atoms. The molecule has 1 aromatic rings. The number of terminal acetylenes is 1. The average Bonchev–Trinajstić information content (AvgIpc) is 2.25. The van der Waals surface area contributed by atoms with Crippen LogP contribution < -0.4 is 0 Å². The predicted octanol–water partition coefficient (Wildman–Crippen LogP) is 3.34. The highest BCUT2D eigenvalue weighted by Crippen LogP contribution is 2.15. The minimum Gasteiger partial charge on any atom is -0.357 e. The van der Waals surface area contributed by atoms with Crippen molar-refractivity contribution in [2.45, 2.75) is 20.0 Å². The fraction of sp³-hybridized carbons (Fsp3) is 0.286. The standard InChI is InChI=1S/C14H16O/c1-4-14(15-11-10-12(2)3)13-8-6-5-7-9-13/h1,5-10,14H,11H2,2-3H3. The Hall–Kier alpha value is -1.52. The smallest absolute Gasteiger partial charge is 0.143 e. The highest BCUT2D eigenvalue weighted by atomic mass is 16.5. The lowest BCUT2D eigenvalue weighted by Crippen LogP contribution is -2.01. The first-order valence-electron chi connectivity index (χ1n) is 5.00. The lowest BCUT2D eigenvalue weighted by molar-refractivity contribution is 0.117. The van der Waals surface area contributed by atoms with Crippen LogP contribution in [0.5, 0.6) is 0 Å². The SMILES string of the molecule is C#CC(OCC=C(C)C)c1ccccc1. The summed E-state index contributed by atoms with van der Waals surface area (Å²) >= 11 is 0.